The quantitative estimate of drug-likeness (QED) is 0.332. The number of hydroxylamine groups is 1. The average Bonchev–Trinajstić information content (AvgIpc) is 3.45. The van der Waals surface area contributed by atoms with Gasteiger partial charge in [0.15, 0.2) is 0 Å². The lowest BCUT2D eigenvalue weighted by Gasteiger charge is -2.29. The molecule has 1 fully saturated rings. The standard InChI is InChI=1S/C20H23N3O4/c1-20(2,21)17(19(25)23-26)22-18(24)15-9-7-14(8-10-15)6-4-3-5-13-27-16-11-12-16/h7-10,16-17,26H,11-13,21H2,1-2H3,(H,22,24)(H,23,25)/t17-/m1/s1. The largest absolute Gasteiger partial charge is 0.366 e. The van der Waals surface area contributed by atoms with Gasteiger partial charge < -0.3 is 15.8 Å². The monoisotopic (exact) mass is 369 g/mol. The smallest absolute Gasteiger partial charge is 0.267 e. The van der Waals surface area contributed by atoms with Crippen molar-refractivity contribution < 1.29 is 19.5 Å². The van der Waals surface area contributed by atoms with Crippen molar-refractivity contribution in [1.29, 1.82) is 0 Å². The molecule has 1 aliphatic carbocycles. The molecule has 142 valence electrons. The van der Waals surface area contributed by atoms with E-state index in [1.54, 1.807) is 38.1 Å². The molecule has 1 atom stereocenters. The molecule has 1 saturated carbocycles. The molecule has 0 aromatic heterocycles. The lowest BCUT2D eigenvalue weighted by Crippen LogP contribution is -2.61. The predicted octanol–water partition coefficient (Wildman–Crippen LogP) is 0.562. The minimum atomic E-state index is -1.09. The van der Waals surface area contributed by atoms with E-state index in [4.69, 9.17) is 15.7 Å². The van der Waals surface area contributed by atoms with Gasteiger partial charge in [0.05, 0.1) is 6.10 Å². The lowest BCUT2D eigenvalue weighted by atomic mass is 9.95. The van der Waals surface area contributed by atoms with E-state index in [1.165, 1.54) is 5.48 Å². The topological polar surface area (TPSA) is 114 Å². The van der Waals surface area contributed by atoms with E-state index in [2.05, 4.69) is 29.0 Å². The Morgan fingerprint density at radius 2 is 1.96 bits per heavy atom. The SMILES string of the molecule is CC(C)(N)[C@H](NC(=O)c1ccc(C#CC#CCOC2CC2)cc1)C(=O)NO. The van der Waals surface area contributed by atoms with Crippen LogP contribution in [0.25, 0.3) is 0 Å². The van der Waals surface area contributed by atoms with Gasteiger partial charge in [0.25, 0.3) is 11.8 Å². The highest BCUT2D eigenvalue weighted by Crippen LogP contribution is 2.22. The van der Waals surface area contributed by atoms with Gasteiger partial charge in [-0.2, -0.15) is 0 Å². The molecule has 5 N–H and O–H groups in total. The molecule has 7 nitrogen and oxygen atoms in total. The molecule has 0 saturated heterocycles. The van der Waals surface area contributed by atoms with E-state index in [0.29, 0.717) is 23.8 Å². The zero-order valence-electron chi connectivity index (χ0n) is 15.3. The summed E-state index contributed by atoms with van der Waals surface area (Å²) >= 11 is 0. The summed E-state index contributed by atoms with van der Waals surface area (Å²) in [5, 5.41) is 11.3. The molecule has 0 aliphatic heterocycles. The molecule has 27 heavy (non-hydrogen) atoms. The first-order valence-corrected chi connectivity index (χ1v) is 8.55. The van der Waals surface area contributed by atoms with Crippen molar-refractivity contribution in [3.8, 4) is 23.7 Å². The van der Waals surface area contributed by atoms with E-state index in [1.807, 2.05) is 0 Å². The Kier molecular flexibility index (Phi) is 6.98. The van der Waals surface area contributed by atoms with Crippen molar-refractivity contribution in [1.82, 2.24) is 10.8 Å². The van der Waals surface area contributed by atoms with Crippen LogP contribution in [0.2, 0.25) is 0 Å². The van der Waals surface area contributed by atoms with E-state index >= 15 is 0 Å². The molecule has 1 aromatic rings. The Hall–Kier alpha value is -2.84. The molecule has 0 unspecified atom stereocenters. The molecule has 0 bridgehead atoms. The molecule has 2 rings (SSSR count). The van der Waals surface area contributed by atoms with Gasteiger partial charge in [-0.1, -0.05) is 11.8 Å². The van der Waals surface area contributed by atoms with Crippen LogP contribution in [0.1, 0.15) is 42.6 Å². The van der Waals surface area contributed by atoms with Crippen molar-refractivity contribution in [2.75, 3.05) is 6.61 Å². The van der Waals surface area contributed by atoms with Crippen LogP contribution in [-0.4, -0.2) is 41.3 Å². The second-order valence-corrected chi connectivity index (χ2v) is 6.84. The maximum absolute atomic E-state index is 12.3. The minimum absolute atomic E-state index is 0.337. The zero-order valence-corrected chi connectivity index (χ0v) is 15.3. The van der Waals surface area contributed by atoms with Crippen LogP contribution in [0.4, 0.5) is 0 Å². The van der Waals surface area contributed by atoms with E-state index in [9.17, 15) is 9.59 Å². The second kappa shape index (κ2) is 9.20. The van der Waals surface area contributed by atoms with Gasteiger partial charge in [-0.05, 0) is 62.8 Å². The number of ether oxygens (including phenoxy) is 1. The fourth-order valence-corrected chi connectivity index (χ4v) is 2.15. The zero-order chi connectivity index (χ0) is 19.9. The maximum Gasteiger partial charge on any atom is 0.267 e. The maximum atomic E-state index is 12.3. The van der Waals surface area contributed by atoms with Crippen LogP contribution < -0.4 is 16.5 Å². The van der Waals surface area contributed by atoms with Crippen molar-refractivity contribution in [3.05, 3.63) is 35.4 Å². The van der Waals surface area contributed by atoms with Gasteiger partial charge in [-0.15, -0.1) is 0 Å². The average molecular weight is 369 g/mol. The Bertz CT molecular complexity index is 800. The number of nitrogens with one attached hydrogen (secondary N) is 2. The molecule has 0 heterocycles. The Labute approximate surface area is 158 Å². The fourth-order valence-electron chi connectivity index (χ4n) is 2.15. The number of benzene rings is 1. The summed E-state index contributed by atoms with van der Waals surface area (Å²) in [6.45, 7) is 3.53. The highest BCUT2D eigenvalue weighted by atomic mass is 16.5. The number of carbonyl (C=O) groups is 2. The van der Waals surface area contributed by atoms with Crippen LogP contribution in [0.3, 0.4) is 0 Å². The van der Waals surface area contributed by atoms with Gasteiger partial charge >= 0.3 is 0 Å². The van der Waals surface area contributed by atoms with Crippen molar-refractivity contribution >= 4 is 11.8 Å². The molecule has 1 aliphatic rings. The van der Waals surface area contributed by atoms with Gasteiger partial charge in [0.1, 0.15) is 12.6 Å². The molecular weight excluding hydrogens is 346 g/mol. The van der Waals surface area contributed by atoms with E-state index in [0.717, 1.165) is 12.8 Å². The summed E-state index contributed by atoms with van der Waals surface area (Å²) in [6.07, 6.45) is 2.60. The Balaban J connectivity index is 1.95. The number of amides is 2. The number of hydrogen-bond donors (Lipinski definition) is 4. The minimum Gasteiger partial charge on any atom is -0.366 e. The summed E-state index contributed by atoms with van der Waals surface area (Å²) in [6, 6.07) is 5.43. The molecule has 2 amide bonds. The van der Waals surface area contributed by atoms with Gasteiger partial charge in [-0.3, -0.25) is 14.8 Å². The van der Waals surface area contributed by atoms with Crippen LogP contribution in [-0.2, 0) is 9.53 Å². The van der Waals surface area contributed by atoms with Gasteiger partial charge in [0.2, 0.25) is 0 Å². The molecule has 7 heteroatoms. The van der Waals surface area contributed by atoms with Crippen LogP contribution in [0, 0.1) is 23.7 Å². The third-order valence-corrected chi connectivity index (χ3v) is 3.81. The lowest BCUT2D eigenvalue weighted by molar-refractivity contribution is -0.132. The first kappa shape index (κ1) is 20.5. The second-order valence-electron chi connectivity index (χ2n) is 6.84. The summed E-state index contributed by atoms with van der Waals surface area (Å²) in [7, 11) is 0. The molecular formula is C20H23N3O4. The molecule has 1 aromatic carbocycles. The van der Waals surface area contributed by atoms with Crippen LogP contribution in [0.5, 0.6) is 0 Å². The van der Waals surface area contributed by atoms with Crippen molar-refractivity contribution in [2.24, 2.45) is 5.73 Å². The van der Waals surface area contributed by atoms with Crippen LogP contribution in [0.15, 0.2) is 24.3 Å². The predicted molar refractivity (Wildman–Crippen MR) is 99.5 cm³/mol. The number of nitrogens with two attached hydrogens (primary N) is 1. The summed E-state index contributed by atoms with van der Waals surface area (Å²) < 4.78 is 5.39. The first-order valence-electron chi connectivity index (χ1n) is 8.55. The highest BCUT2D eigenvalue weighted by Gasteiger charge is 2.33. The third-order valence-electron chi connectivity index (χ3n) is 3.81. The summed E-state index contributed by atoms with van der Waals surface area (Å²) in [4.78, 5) is 24.0. The highest BCUT2D eigenvalue weighted by molar-refractivity contribution is 5.97. The fraction of sp³-hybridized carbons (Fsp3) is 0.400. The summed E-state index contributed by atoms with van der Waals surface area (Å²) in [5.41, 5.74) is 7.38. The van der Waals surface area contributed by atoms with Gasteiger partial charge in [-0.25, -0.2) is 5.48 Å². The Morgan fingerprint density at radius 1 is 1.30 bits per heavy atom. The normalized spacial score (nSPS) is 14.1. The van der Waals surface area contributed by atoms with Crippen molar-refractivity contribution in [2.45, 2.75) is 44.4 Å². The van der Waals surface area contributed by atoms with Crippen LogP contribution >= 0.6 is 0 Å². The third kappa shape index (κ3) is 6.76. The number of hydrogen-bond acceptors (Lipinski definition) is 5. The number of rotatable bonds is 6. The molecule has 0 spiro atoms. The van der Waals surface area contributed by atoms with Crippen molar-refractivity contribution in [3.63, 3.8) is 0 Å². The summed E-state index contributed by atoms with van der Waals surface area (Å²) in [5.74, 6) is 9.88. The molecule has 0 radical (unpaired) electrons. The number of carbonyl (C=O) groups excluding carboxylic acids is 2. The first-order chi connectivity index (χ1) is 12.8. The van der Waals surface area contributed by atoms with E-state index in [-0.39, 0.29) is 0 Å². The Morgan fingerprint density at radius 3 is 2.52 bits per heavy atom. The van der Waals surface area contributed by atoms with Gasteiger partial charge in [0, 0.05) is 16.7 Å². The van der Waals surface area contributed by atoms with E-state index < -0.39 is 23.4 Å².